The van der Waals surface area contributed by atoms with Crippen LogP contribution in [0.15, 0.2) is 30.3 Å². The lowest BCUT2D eigenvalue weighted by Crippen LogP contribution is -2.34. The number of halogens is 1. The standard InChI is InChI=1S/C20H22FNO4/c1-20(2)10-11-7-15(13-6-5-12(25-3)8-16(13)21)17(26-4)9-14(11)18(20)22-19(23)24/h5-9,18,22H,10H2,1-4H3,(H,23,24). The van der Waals surface area contributed by atoms with Gasteiger partial charge in [0.1, 0.15) is 17.3 Å². The summed E-state index contributed by atoms with van der Waals surface area (Å²) in [6.07, 6.45) is -0.387. The molecule has 1 unspecified atom stereocenters. The van der Waals surface area contributed by atoms with Gasteiger partial charge in [-0.25, -0.2) is 9.18 Å². The molecule has 0 fully saturated rings. The molecule has 0 bridgehead atoms. The quantitative estimate of drug-likeness (QED) is 0.849. The summed E-state index contributed by atoms with van der Waals surface area (Å²) in [6.45, 7) is 4.02. The molecule has 0 spiro atoms. The first kappa shape index (κ1) is 18.0. The molecule has 0 saturated carbocycles. The molecule has 0 heterocycles. The van der Waals surface area contributed by atoms with Gasteiger partial charge in [0.15, 0.2) is 0 Å². The molecule has 1 aliphatic rings. The van der Waals surface area contributed by atoms with Gasteiger partial charge >= 0.3 is 6.09 Å². The van der Waals surface area contributed by atoms with E-state index in [-0.39, 0.29) is 11.5 Å². The number of methoxy groups -OCH3 is 2. The zero-order chi connectivity index (χ0) is 19.1. The van der Waals surface area contributed by atoms with Gasteiger partial charge in [0.05, 0.1) is 20.3 Å². The minimum absolute atomic E-state index is 0.289. The zero-order valence-electron chi connectivity index (χ0n) is 15.2. The summed E-state index contributed by atoms with van der Waals surface area (Å²) < 4.78 is 25.1. The number of hydrogen-bond acceptors (Lipinski definition) is 3. The molecule has 0 saturated heterocycles. The Bertz CT molecular complexity index is 863. The van der Waals surface area contributed by atoms with Crippen LogP contribution in [0.1, 0.15) is 31.0 Å². The van der Waals surface area contributed by atoms with Crippen LogP contribution in [0.25, 0.3) is 11.1 Å². The third-order valence-corrected chi connectivity index (χ3v) is 4.93. The van der Waals surface area contributed by atoms with E-state index >= 15 is 0 Å². The van der Waals surface area contributed by atoms with Gasteiger partial charge in [0, 0.05) is 17.2 Å². The fraction of sp³-hybridized carbons (Fsp3) is 0.350. The van der Waals surface area contributed by atoms with Crippen molar-refractivity contribution < 1.29 is 23.8 Å². The fourth-order valence-corrected chi connectivity index (χ4v) is 3.69. The number of ether oxygens (including phenoxy) is 2. The highest BCUT2D eigenvalue weighted by Crippen LogP contribution is 2.48. The van der Waals surface area contributed by atoms with Crippen LogP contribution < -0.4 is 14.8 Å². The van der Waals surface area contributed by atoms with E-state index in [2.05, 4.69) is 5.32 Å². The van der Waals surface area contributed by atoms with E-state index in [1.54, 1.807) is 12.1 Å². The number of nitrogens with one attached hydrogen (secondary N) is 1. The zero-order valence-corrected chi connectivity index (χ0v) is 15.2. The SMILES string of the molecule is COc1ccc(-c2cc3c(cc2OC)C(NC(=O)O)C(C)(C)C3)c(F)c1. The molecule has 5 nitrogen and oxygen atoms in total. The molecule has 6 heteroatoms. The predicted molar refractivity (Wildman–Crippen MR) is 96.3 cm³/mol. The number of benzene rings is 2. The second kappa shape index (κ2) is 6.52. The van der Waals surface area contributed by atoms with Gasteiger partial charge in [0.25, 0.3) is 0 Å². The summed E-state index contributed by atoms with van der Waals surface area (Å²) in [5.41, 5.74) is 2.62. The number of carboxylic acid groups (broad SMARTS) is 1. The number of carbonyl (C=O) groups is 1. The normalized spacial score (nSPS) is 17.5. The molecule has 1 amide bonds. The van der Waals surface area contributed by atoms with Gasteiger partial charge in [-0.15, -0.1) is 0 Å². The Kier molecular flexibility index (Phi) is 4.52. The van der Waals surface area contributed by atoms with E-state index in [0.717, 1.165) is 11.1 Å². The van der Waals surface area contributed by atoms with E-state index < -0.39 is 11.9 Å². The summed E-state index contributed by atoms with van der Waals surface area (Å²) in [7, 11) is 3.01. The molecule has 0 radical (unpaired) electrons. The smallest absolute Gasteiger partial charge is 0.405 e. The maximum atomic E-state index is 14.6. The Balaban J connectivity index is 2.13. The van der Waals surface area contributed by atoms with E-state index in [1.165, 1.54) is 20.3 Å². The Labute approximate surface area is 151 Å². The van der Waals surface area contributed by atoms with Crippen molar-refractivity contribution in [3.8, 4) is 22.6 Å². The van der Waals surface area contributed by atoms with Crippen molar-refractivity contribution in [1.29, 1.82) is 0 Å². The molecule has 138 valence electrons. The second-order valence-corrected chi connectivity index (χ2v) is 7.14. The first-order chi connectivity index (χ1) is 12.3. The Morgan fingerprint density at radius 3 is 2.50 bits per heavy atom. The Hall–Kier alpha value is -2.76. The highest BCUT2D eigenvalue weighted by molar-refractivity contribution is 5.74. The van der Waals surface area contributed by atoms with Gasteiger partial charge < -0.3 is 19.9 Å². The number of amides is 1. The van der Waals surface area contributed by atoms with E-state index in [4.69, 9.17) is 9.47 Å². The van der Waals surface area contributed by atoms with Crippen molar-refractivity contribution in [2.24, 2.45) is 5.41 Å². The largest absolute Gasteiger partial charge is 0.497 e. The van der Waals surface area contributed by atoms with E-state index in [1.807, 2.05) is 26.0 Å². The maximum absolute atomic E-state index is 14.6. The third kappa shape index (κ3) is 3.07. The summed E-state index contributed by atoms with van der Waals surface area (Å²) in [6, 6.07) is 8.04. The molecule has 2 aromatic carbocycles. The number of rotatable bonds is 4. The molecule has 1 atom stereocenters. The van der Waals surface area contributed by atoms with Crippen LogP contribution >= 0.6 is 0 Å². The summed E-state index contributed by atoms with van der Waals surface area (Å²) in [5, 5.41) is 11.8. The van der Waals surface area contributed by atoms with Crippen molar-refractivity contribution in [2.45, 2.75) is 26.3 Å². The van der Waals surface area contributed by atoms with Gasteiger partial charge in [-0.3, -0.25) is 0 Å². The average Bonchev–Trinajstić information content (AvgIpc) is 2.82. The molecule has 1 aliphatic carbocycles. The Morgan fingerprint density at radius 1 is 1.19 bits per heavy atom. The number of fused-ring (bicyclic) bond motifs is 1. The van der Waals surface area contributed by atoms with Crippen LogP contribution in [0, 0.1) is 11.2 Å². The lowest BCUT2D eigenvalue weighted by atomic mass is 9.85. The maximum Gasteiger partial charge on any atom is 0.405 e. The monoisotopic (exact) mass is 359 g/mol. The van der Waals surface area contributed by atoms with Crippen molar-refractivity contribution >= 4 is 6.09 Å². The van der Waals surface area contributed by atoms with Gasteiger partial charge in [0.2, 0.25) is 0 Å². The molecule has 26 heavy (non-hydrogen) atoms. The first-order valence-corrected chi connectivity index (χ1v) is 8.31. The minimum atomic E-state index is -1.07. The van der Waals surface area contributed by atoms with E-state index in [0.29, 0.717) is 29.0 Å². The van der Waals surface area contributed by atoms with Crippen LogP contribution in [0.3, 0.4) is 0 Å². The van der Waals surface area contributed by atoms with Crippen LogP contribution in [0.5, 0.6) is 11.5 Å². The molecule has 0 aromatic heterocycles. The average molecular weight is 359 g/mol. The van der Waals surface area contributed by atoms with Crippen molar-refractivity contribution in [3.63, 3.8) is 0 Å². The lowest BCUT2D eigenvalue weighted by molar-refractivity contribution is 0.175. The predicted octanol–water partition coefficient (Wildman–Crippen LogP) is 4.40. The Morgan fingerprint density at radius 2 is 1.92 bits per heavy atom. The lowest BCUT2D eigenvalue weighted by Gasteiger charge is -2.27. The minimum Gasteiger partial charge on any atom is -0.497 e. The summed E-state index contributed by atoms with van der Waals surface area (Å²) in [5.74, 6) is 0.543. The summed E-state index contributed by atoms with van der Waals surface area (Å²) >= 11 is 0. The van der Waals surface area contributed by atoms with Crippen molar-refractivity contribution in [3.05, 3.63) is 47.3 Å². The fourth-order valence-electron chi connectivity index (χ4n) is 3.69. The second-order valence-electron chi connectivity index (χ2n) is 7.14. The highest BCUT2D eigenvalue weighted by atomic mass is 19.1. The van der Waals surface area contributed by atoms with Gasteiger partial charge in [-0.1, -0.05) is 13.8 Å². The van der Waals surface area contributed by atoms with Crippen molar-refractivity contribution in [1.82, 2.24) is 5.32 Å². The third-order valence-electron chi connectivity index (χ3n) is 4.93. The molecular weight excluding hydrogens is 337 g/mol. The van der Waals surface area contributed by atoms with Crippen LogP contribution in [-0.2, 0) is 6.42 Å². The molecule has 2 aromatic rings. The number of hydrogen-bond donors (Lipinski definition) is 2. The molecule has 3 rings (SSSR count). The van der Waals surface area contributed by atoms with E-state index in [9.17, 15) is 14.3 Å². The molecular formula is C20H22FNO4. The molecule has 0 aliphatic heterocycles. The van der Waals surface area contributed by atoms with Gasteiger partial charge in [-0.2, -0.15) is 0 Å². The van der Waals surface area contributed by atoms with Gasteiger partial charge in [-0.05, 0) is 47.2 Å². The van der Waals surface area contributed by atoms with Crippen molar-refractivity contribution in [2.75, 3.05) is 14.2 Å². The van der Waals surface area contributed by atoms with Crippen LogP contribution in [-0.4, -0.2) is 25.4 Å². The van der Waals surface area contributed by atoms with Crippen LogP contribution in [0.4, 0.5) is 9.18 Å². The van der Waals surface area contributed by atoms with Crippen LogP contribution in [0.2, 0.25) is 0 Å². The first-order valence-electron chi connectivity index (χ1n) is 8.31. The summed E-state index contributed by atoms with van der Waals surface area (Å²) in [4.78, 5) is 11.2. The highest BCUT2D eigenvalue weighted by Gasteiger charge is 2.40. The topological polar surface area (TPSA) is 67.8 Å². The molecule has 2 N–H and O–H groups in total.